The second kappa shape index (κ2) is 10.8. The molecule has 1 atom stereocenters. The van der Waals surface area contributed by atoms with Gasteiger partial charge in [-0.05, 0) is 54.4 Å². The zero-order valence-corrected chi connectivity index (χ0v) is 21.1. The number of ether oxygens (including phenoxy) is 1. The molecule has 0 bridgehead atoms. The molecule has 0 spiro atoms. The molecule has 1 unspecified atom stereocenters. The minimum atomic E-state index is -0.421. The number of pyridine rings is 3. The van der Waals surface area contributed by atoms with Crippen molar-refractivity contribution in [3.8, 4) is 11.5 Å². The summed E-state index contributed by atoms with van der Waals surface area (Å²) in [6.07, 6.45) is 5.30. The highest BCUT2D eigenvalue weighted by Crippen LogP contribution is 2.33. The molecular formula is C29H31N5O3. The molecule has 0 saturated carbocycles. The molecule has 37 heavy (non-hydrogen) atoms. The second-order valence-electron chi connectivity index (χ2n) is 9.22. The van der Waals surface area contributed by atoms with Crippen LogP contribution in [0.5, 0.6) is 11.5 Å². The Hall–Kier alpha value is -4.17. The normalized spacial score (nSPS) is 14.9. The SMILES string of the molecule is COc1ccc(Cn2c(C)cc(O)c(C(c3cccnc3)N3CCN(c4ccccn4)CC3)c2=O)cc1. The molecule has 4 heterocycles. The second-order valence-corrected chi connectivity index (χ2v) is 9.22. The quantitative estimate of drug-likeness (QED) is 0.418. The van der Waals surface area contributed by atoms with Crippen molar-refractivity contribution in [1.82, 2.24) is 19.4 Å². The van der Waals surface area contributed by atoms with E-state index in [1.807, 2.05) is 61.5 Å². The third-order valence-electron chi connectivity index (χ3n) is 6.95. The van der Waals surface area contributed by atoms with E-state index >= 15 is 0 Å². The van der Waals surface area contributed by atoms with Crippen LogP contribution in [0, 0.1) is 6.92 Å². The molecule has 190 valence electrons. The van der Waals surface area contributed by atoms with E-state index in [1.54, 1.807) is 36.3 Å². The molecule has 0 radical (unpaired) electrons. The van der Waals surface area contributed by atoms with E-state index in [2.05, 4.69) is 19.8 Å². The van der Waals surface area contributed by atoms with Crippen molar-refractivity contribution in [1.29, 1.82) is 0 Å². The van der Waals surface area contributed by atoms with Gasteiger partial charge in [0, 0.05) is 50.5 Å². The van der Waals surface area contributed by atoms with Crippen LogP contribution in [0.1, 0.15) is 28.4 Å². The van der Waals surface area contributed by atoms with Crippen molar-refractivity contribution in [3.63, 3.8) is 0 Å². The first-order valence-electron chi connectivity index (χ1n) is 12.4. The number of aromatic hydroxyl groups is 1. The van der Waals surface area contributed by atoms with Crippen LogP contribution < -0.4 is 15.2 Å². The molecule has 3 aromatic heterocycles. The lowest BCUT2D eigenvalue weighted by molar-refractivity contribution is 0.207. The topological polar surface area (TPSA) is 83.7 Å². The van der Waals surface area contributed by atoms with E-state index in [0.717, 1.165) is 35.8 Å². The Balaban J connectivity index is 1.50. The number of benzene rings is 1. The Labute approximate surface area is 216 Å². The van der Waals surface area contributed by atoms with Gasteiger partial charge >= 0.3 is 0 Å². The summed E-state index contributed by atoms with van der Waals surface area (Å²) in [5.74, 6) is 1.72. The Kier molecular flexibility index (Phi) is 7.18. The van der Waals surface area contributed by atoms with Gasteiger partial charge in [-0.2, -0.15) is 0 Å². The molecule has 1 aromatic carbocycles. The summed E-state index contributed by atoms with van der Waals surface area (Å²) in [6, 6.07) is 18.7. The van der Waals surface area contributed by atoms with Gasteiger partial charge < -0.3 is 19.3 Å². The van der Waals surface area contributed by atoms with E-state index in [0.29, 0.717) is 30.9 Å². The van der Waals surface area contributed by atoms with Crippen molar-refractivity contribution in [2.45, 2.75) is 19.5 Å². The van der Waals surface area contributed by atoms with Crippen molar-refractivity contribution in [2.75, 3.05) is 38.2 Å². The van der Waals surface area contributed by atoms with Gasteiger partial charge in [0.2, 0.25) is 0 Å². The highest BCUT2D eigenvalue weighted by Gasteiger charge is 2.32. The monoisotopic (exact) mass is 497 g/mol. The van der Waals surface area contributed by atoms with Gasteiger partial charge in [-0.3, -0.25) is 14.7 Å². The number of rotatable bonds is 7. The number of methoxy groups -OCH3 is 1. The number of anilines is 1. The lowest BCUT2D eigenvalue weighted by atomic mass is 9.97. The summed E-state index contributed by atoms with van der Waals surface area (Å²) in [6.45, 7) is 5.19. The van der Waals surface area contributed by atoms with E-state index in [-0.39, 0.29) is 11.3 Å². The Bertz CT molecular complexity index is 1380. The lowest BCUT2D eigenvalue weighted by Gasteiger charge is -2.40. The van der Waals surface area contributed by atoms with E-state index < -0.39 is 6.04 Å². The van der Waals surface area contributed by atoms with Crippen LogP contribution in [0.2, 0.25) is 0 Å². The first kappa shape index (κ1) is 24.5. The van der Waals surface area contributed by atoms with E-state index in [4.69, 9.17) is 4.74 Å². The zero-order valence-electron chi connectivity index (χ0n) is 21.1. The molecule has 5 rings (SSSR count). The minimum Gasteiger partial charge on any atom is -0.507 e. The Morgan fingerprint density at radius 1 is 1.00 bits per heavy atom. The fourth-order valence-electron chi connectivity index (χ4n) is 4.98. The van der Waals surface area contributed by atoms with Gasteiger partial charge in [0.15, 0.2) is 0 Å². The average molecular weight is 498 g/mol. The smallest absolute Gasteiger partial charge is 0.259 e. The first-order chi connectivity index (χ1) is 18.0. The zero-order chi connectivity index (χ0) is 25.8. The van der Waals surface area contributed by atoms with E-state index in [9.17, 15) is 9.90 Å². The largest absolute Gasteiger partial charge is 0.507 e. The molecular weight excluding hydrogens is 466 g/mol. The summed E-state index contributed by atoms with van der Waals surface area (Å²) in [5, 5.41) is 11.1. The van der Waals surface area contributed by atoms with Gasteiger partial charge in [-0.1, -0.05) is 24.3 Å². The molecule has 8 nitrogen and oxygen atoms in total. The maximum atomic E-state index is 14.0. The molecule has 1 aliphatic heterocycles. The van der Waals surface area contributed by atoms with Crippen LogP contribution >= 0.6 is 0 Å². The van der Waals surface area contributed by atoms with Gasteiger partial charge in [0.25, 0.3) is 5.56 Å². The maximum Gasteiger partial charge on any atom is 0.259 e. The fraction of sp³-hybridized carbons (Fsp3) is 0.276. The van der Waals surface area contributed by atoms with Crippen LogP contribution in [0.3, 0.4) is 0 Å². The number of hydrogen-bond acceptors (Lipinski definition) is 7. The molecule has 1 N–H and O–H groups in total. The number of aryl methyl sites for hydroxylation is 1. The van der Waals surface area contributed by atoms with Gasteiger partial charge in [-0.15, -0.1) is 0 Å². The third kappa shape index (κ3) is 5.20. The summed E-state index contributed by atoms with van der Waals surface area (Å²) < 4.78 is 6.99. The number of aromatic nitrogens is 3. The standard InChI is InChI=1S/C29H31N5O3/c1-21-18-25(35)27(29(36)34(21)20-22-8-10-24(37-2)11-9-22)28(23-6-5-12-30-19-23)33-16-14-32(15-17-33)26-7-3-4-13-31-26/h3-13,18-19,28,35H,14-17,20H2,1-2H3. The van der Waals surface area contributed by atoms with Crippen LogP contribution in [0.25, 0.3) is 0 Å². The number of nitrogens with zero attached hydrogens (tertiary/aromatic N) is 5. The fourth-order valence-corrected chi connectivity index (χ4v) is 4.98. The van der Waals surface area contributed by atoms with Crippen LogP contribution in [-0.2, 0) is 6.54 Å². The van der Waals surface area contributed by atoms with Crippen molar-refractivity contribution < 1.29 is 9.84 Å². The molecule has 1 fully saturated rings. The summed E-state index contributed by atoms with van der Waals surface area (Å²) in [7, 11) is 1.63. The molecule has 1 saturated heterocycles. The van der Waals surface area contributed by atoms with Crippen molar-refractivity contribution in [3.05, 3.63) is 112 Å². The average Bonchev–Trinajstić information content (AvgIpc) is 2.95. The van der Waals surface area contributed by atoms with Gasteiger partial charge in [0.1, 0.15) is 17.3 Å². The molecule has 8 heteroatoms. The minimum absolute atomic E-state index is 0.00879. The third-order valence-corrected chi connectivity index (χ3v) is 6.95. The predicted molar refractivity (Wildman–Crippen MR) is 143 cm³/mol. The molecule has 1 aliphatic rings. The summed E-state index contributed by atoms with van der Waals surface area (Å²) in [4.78, 5) is 27.3. The molecule has 0 amide bonds. The predicted octanol–water partition coefficient (Wildman–Crippen LogP) is 3.62. The summed E-state index contributed by atoms with van der Waals surface area (Å²) >= 11 is 0. The lowest BCUT2D eigenvalue weighted by Crippen LogP contribution is -2.49. The highest BCUT2D eigenvalue weighted by atomic mass is 16.5. The van der Waals surface area contributed by atoms with Crippen LogP contribution in [-0.4, -0.2) is 57.8 Å². The van der Waals surface area contributed by atoms with Crippen molar-refractivity contribution >= 4 is 5.82 Å². The van der Waals surface area contributed by atoms with Crippen LogP contribution in [0.15, 0.2) is 84.0 Å². The van der Waals surface area contributed by atoms with E-state index in [1.165, 1.54) is 0 Å². The van der Waals surface area contributed by atoms with Gasteiger partial charge in [0.05, 0.1) is 25.3 Å². The Morgan fingerprint density at radius 2 is 1.78 bits per heavy atom. The van der Waals surface area contributed by atoms with Crippen molar-refractivity contribution in [2.24, 2.45) is 0 Å². The molecule has 0 aliphatic carbocycles. The number of hydrogen-bond donors (Lipinski definition) is 1. The highest BCUT2D eigenvalue weighted by molar-refractivity contribution is 5.42. The first-order valence-corrected chi connectivity index (χ1v) is 12.4. The maximum absolute atomic E-state index is 14.0. The Morgan fingerprint density at radius 3 is 2.43 bits per heavy atom. The van der Waals surface area contributed by atoms with Gasteiger partial charge in [-0.25, -0.2) is 4.98 Å². The number of piperazine rings is 1. The molecule has 4 aromatic rings. The van der Waals surface area contributed by atoms with Crippen LogP contribution in [0.4, 0.5) is 5.82 Å². The summed E-state index contributed by atoms with van der Waals surface area (Å²) in [5.41, 5.74) is 2.73.